The Morgan fingerprint density at radius 2 is 1.81 bits per heavy atom. The van der Waals surface area contributed by atoms with E-state index in [1.54, 1.807) is 6.20 Å². The van der Waals surface area contributed by atoms with Gasteiger partial charge in [0.1, 0.15) is 0 Å². The summed E-state index contributed by atoms with van der Waals surface area (Å²) in [7, 11) is 0. The molecule has 0 atom stereocenters. The van der Waals surface area contributed by atoms with Gasteiger partial charge < -0.3 is 10.3 Å². The molecule has 1 aromatic heterocycles. The number of rotatable bonds is 2. The standard InChI is InChI=1S/C14H12N2/c1-2-15-10-7-8-14-12(9-10)11-5-3-4-6-13(11)16-14/h2-9,15-16H,1H2. The zero-order chi connectivity index (χ0) is 11.0. The van der Waals surface area contributed by atoms with Gasteiger partial charge in [0, 0.05) is 27.5 Å². The molecule has 3 aromatic rings. The normalized spacial score (nSPS) is 10.8. The first-order valence-corrected chi connectivity index (χ1v) is 5.26. The van der Waals surface area contributed by atoms with E-state index in [0.29, 0.717) is 0 Å². The number of fused-ring (bicyclic) bond motifs is 3. The molecule has 0 bridgehead atoms. The maximum Gasteiger partial charge on any atom is 0.0466 e. The zero-order valence-electron chi connectivity index (χ0n) is 8.83. The van der Waals surface area contributed by atoms with Crippen molar-refractivity contribution in [3.63, 3.8) is 0 Å². The van der Waals surface area contributed by atoms with E-state index in [4.69, 9.17) is 0 Å². The van der Waals surface area contributed by atoms with Gasteiger partial charge in [0.05, 0.1) is 0 Å². The van der Waals surface area contributed by atoms with E-state index in [-0.39, 0.29) is 0 Å². The summed E-state index contributed by atoms with van der Waals surface area (Å²) in [4.78, 5) is 3.39. The summed E-state index contributed by atoms with van der Waals surface area (Å²) in [6, 6.07) is 14.6. The average Bonchev–Trinajstić information content (AvgIpc) is 2.68. The first-order chi connectivity index (χ1) is 7.88. The van der Waals surface area contributed by atoms with Gasteiger partial charge in [-0.25, -0.2) is 0 Å². The number of para-hydroxylation sites is 1. The van der Waals surface area contributed by atoms with Crippen molar-refractivity contribution in [2.45, 2.75) is 0 Å². The maximum absolute atomic E-state index is 3.67. The predicted molar refractivity (Wildman–Crippen MR) is 69.6 cm³/mol. The van der Waals surface area contributed by atoms with Crippen molar-refractivity contribution in [1.82, 2.24) is 4.98 Å². The minimum absolute atomic E-state index is 1.06. The van der Waals surface area contributed by atoms with Crippen LogP contribution >= 0.6 is 0 Å². The monoisotopic (exact) mass is 208 g/mol. The lowest BCUT2D eigenvalue weighted by atomic mass is 10.1. The molecule has 0 spiro atoms. The van der Waals surface area contributed by atoms with E-state index in [1.165, 1.54) is 16.3 Å². The molecule has 2 aromatic carbocycles. The summed E-state index contributed by atoms with van der Waals surface area (Å²) in [5.41, 5.74) is 3.40. The van der Waals surface area contributed by atoms with E-state index in [1.807, 2.05) is 12.1 Å². The van der Waals surface area contributed by atoms with E-state index in [9.17, 15) is 0 Å². The van der Waals surface area contributed by atoms with E-state index in [2.05, 4.69) is 47.2 Å². The van der Waals surface area contributed by atoms with Gasteiger partial charge >= 0.3 is 0 Å². The molecular weight excluding hydrogens is 196 g/mol. The van der Waals surface area contributed by atoms with Crippen LogP contribution in [0, 0.1) is 0 Å². The molecule has 0 fully saturated rings. The Labute approximate surface area is 93.6 Å². The van der Waals surface area contributed by atoms with Crippen molar-refractivity contribution >= 4 is 27.5 Å². The van der Waals surface area contributed by atoms with Crippen LogP contribution in [-0.4, -0.2) is 4.98 Å². The third-order valence-electron chi connectivity index (χ3n) is 2.77. The summed E-state index contributed by atoms with van der Waals surface area (Å²) in [6.45, 7) is 3.67. The lowest BCUT2D eigenvalue weighted by Crippen LogP contribution is -1.84. The number of aromatic amines is 1. The van der Waals surface area contributed by atoms with E-state index < -0.39 is 0 Å². The Morgan fingerprint density at radius 3 is 2.69 bits per heavy atom. The molecular formula is C14H12N2. The van der Waals surface area contributed by atoms with Crippen molar-refractivity contribution in [3.8, 4) is 0 Å². The molecule has 16 heavy (non-hydrogen) atoms. The first kappa shape index (κ1) is 9.04. The molecule has 0 aliphatic carbocycles. The average molecular weight is 208 g/mol. The number of benzene rings is 2. The minimum atomic E-state index is 1.06. The van der Waals surface area contributed by atoms with Gasteiger partial charge in [-0.3, -0.25) is 0 Å². The Kier molecular flexibility index (Phi) is 1.93. The Morgan fingerprint density at radius 1 is 1.00 bits per heavy atom. The zero-order valence-corrected chi connectivity index (χ0v) is 8.83. The van der Waals surface area contributed by atoms with Crippen LogP contribution in [0.4, 0.5) is 5.69 Å². The van der Waals surface area contributed by atoms with Crippen molar-refractivity contribution in [2.24, 2.45) is 0 Å². The van der Waals surface area contributed by atoms with Gasteiger partial charge in [0.2, 0.25) is 0 Å². The van der Waals surface area contributed by atoms with Gasteiger partial charge in [0.25, 0.3) is 0 Å². The lowest BCUT2D eigenvalue weighted by molar-refractivity contribution is 1.54. The molecule has 1 heterocycles. The molecule has 2 N–H and O–H groups in total. The number of H-pyrrole nitrogens is 1. The molecule has 0 unspecified atom stereocenters. The Bertz CT molecular complexity index is 665. The fraction of sp³-hybridized carbons (Fsp3) is 0. The van der Waals surface area contributed by atoms with Gasteiger partial charge in [-0.05, 0) is 30.5 Å². The van der Waals surface area contributed by atoms with Gasteiger partial charge in [-0.2, -0.15) is 0 Å². The van der Waals surface area contributed by atoms with Crippen LogP contribution in [0.1, 0.15) is 0 Å². The van der Waals surface area contributed by atoms with Crippen molar-refractivity contribution in [1.29, 1.82) is 0 Å². The van der Waals surface area contributed by atoms with Crippen LogP contribution in [0.3, 0.4) is 0 Å². The second-order valence-electron chi connectivity index (χ2n) is 3.78. The third-order valence-corrected chi connectivity index (χ3v) is 2.77. The quantitative estimate of drug-likeness (QED) is 0.657. The molecule has 2 heteroatoms. The van der Waals surface area contributed by atoms with Gasteiger partial charge in [-0.1, -0.05) is 24.8 Å². The fourth-order valence-electron chi connectivity index (χ4n) is 2.06. The molecule has 0 amide bonds. The highest BCUT2D eigenvalue weighted by Gasteiger charge is 2.03. The van der Waals surface area contributed by atoms with Gasteiger partial charge in [0.15, 0.2) is 0 Å². The van der Waals surface area contributed by atoms with E-state index in [0.717, 1.165) is 11.2 Å². The second-order valence-corrected chi connectivity index (χ2v) is 3.78. The van der Waals surface area contributed by atoms with Gasteiger partial charge in [-0.15, -0.1) is 0 Å². The van der Waals surface area contributed by atoms with E-state index >= 15 is 0 Å². The predicted octanol–water partition coefficient (Wildman–Crippen LogP) is 3.88. The van der Waals surface area contributed by atoms with Crippen LogP contribution in [0.2, 0.25) is 0 Å². The highest BCUT2D eigenvalue weighted by molar-refractivity contribution is 6.08. The molecule has 2 nitrogen and oxygen atoms in total. The minimum Gasteiger partial charge on any atom is -0.362 e. The van der Waals surface area contributed by atoms with Crippen molar-refractivity contribution < 1.29 is 0 Å². The largest absolute Gasteiger partial charge is 0.362 e. The topological polar surface area (TPSA) is 27.8 Å². The molecule has 0 radical (unpaired) electrons. The fourth-order valence-corrected chi connectivity index (χ4v) is 2.06. The first-order valence-electron chi connectivity index (χ1n) is 5.26. The van der Waals surface area contributed by atoms with Crippen LogP contribution < -0.4 is 5.32 Å². The van der Waals surface area contributed by atoms with Crippen LogP contribution in [0.25, 0.3) is 21.8 Å². The SMILES string of the molecule is C=CNc1ccc2[nH]c3ccccc3c2c1. The summed E-state index contributed by atoms with van der Waals surface area (Å²) in [5.74, 6) is 0. The summed E-state index contributed by atoms with van der Waals surface area (Å²) in [5, 5.41) is 5.60. The number of aromatic nitrogens is 1. The second kappa shape index (κ2) is 3.42. The highest BCUT2D eigenvalue weighted by atomic mass is 14.8. The molecule has 3 rings (SSSR count). The molecule has 0 aliphatic heterocycles. The highest BCUT2D eigenvalue weighted by Crippen LogP contribution is 2.27. The smallest absolute Gasteiger partial charge is 0.0466 e. The summed E-state index contributed by atoms with van der Waals surface area (Å²) in [6.07, 6.45) is 1.69. The van der Waals surface area contributed by atoms with Crippen LogP contribution in [0.5, 0.6) is 0 Å². The molecule has 0 saturated heterocycles. The molecule has 0 saturated carbocycles. The number of nitrogens with one attached hydrogen (secondary N) is 2. The maximum atomic E-state index is 3.67. The molecule has 78 valence electrons. The third kappa shape index (κ3) is 1.27. The van der Waals surface area contributed by atoms with Crippen molar-refractivity contribution in [3.05, 3.63) is 55.2 Å². The molecule has 0 aliphatic rings. The number of anilines is 1. The Hall–Kier alpha value is -2.22. The lowest BCUT2D eigenvalue weighted by Gasteiger charge is -1.99. The van der Waals surface area contributed by atoms with Crippen molar-refractivity contribution in [2.75, 3.05) is 5.32 Å². The number of hydrogen-bond donors (Lipinski definition) is 2. The summed E-state index contributed by atoms with van der Waals surface area (Å²) < 4.78 is 0. The number of hydrogen-bond acceptors (Lipinski definition) is 1. The van der Waals surface area contributed by atoms with Crippen LogP contribution in [-0.2, 0) is 0 Å². The Balaban J connectivity index is 2.35. The van der Waals surface area contributed by atoms with Crippen LogP contribution in [0.15, 0.2) is 55.2 Å². The summed E-state index contributed by atoms with van der Waals surface area (Å²) >= 11 is 0.